The molecular formula is C31H47N3O4S. The Bertz CT molecular complexity index is 1100. The zero-order valence-electron chi connectivity index (χ0n) is 24.8. The quantitative estimate of drug-likeness (QED) is 0.403. The summed E-state index contributed by atoms with van der Waals surface area (Å²) in [5.74, 6) is -1.71. The van der Waals surface area contributed by atoms with Crippen molar-refractivity contribution in [1.29, 1.82) is 0 Å². The summed E-state index contributed by atoms with van der Waals surface area (Å²) in [5, 5.41) is 16.9. The number of nitrogens with one attached hydrogen (secondary N) is 2. The number of rotatable bonds is 9. The molecule has 0 saturated carbocycles. The number of fused-ring (bicyclic) bond motifs is 1. The van der Waals surface area contributed by atoms with Crippen molar-refractivity contribution in [3.8, 4) is 0 Å². The Hall–Kier alpha value is -2.06. The van der Waals surface area contributed by atoms with Crippen LogP contribution in [0.3, 0.4) is 0 Å². The van der Waals surface area contributed by atoms with Gasteiger partial charge in [0.1, 0.15) is 6.04 Å². The van der Waals surface area contributed by atoms with Crippen molar-refractivity contribution in [2.24, 2.45) is 23.2 Å². The number of hydrogen-bond donors (Lipinski definition) is 3. The van der Waals surface area contributed by atoms with Gasteiger partial charge in [-0.2, -0.15) is 0 Å². The lowest BCUT2D eigenvalue weighted by Crippen LogP contribution is -2.61. The second kappa shape index (κ2) is 10.4. The predicted octanol–water partition coefficient (Wildman–Crippen LogP) is 4.84. The van der Waals surface area contributed by atoms with Gasteiger partial charge in [-0.25, -0.2) is 0 Å². The standard InChI is InChI=1S/C31H47N3O4S/c1-9-19(2)21(17-35)34-24(26(37)33-29(6,7)18-28(3,4)5)31-16-15-30(8,39-31)22(23(31)27(34)38)25(36)32-20-13-11-10-12-14-20/h10-14,19,21-24,35H,9,15-18H2,1-8H3,(H,32,36)(H,33,37)/t19-,21-,22+,23-,24?,30-,31?/m0/s1. The largest absolute Gasteiger partial charge is 0.394 e. The number of aliphatic hydroxyl groups excluding tert-OH is 1. The molecule has 3 N–H and O–H groups in total. The minimum absolute atomic E-state index is 0.00134. The fraction of sp³-hybridized carbons (Fsp3) is 0.710. The summed E-state index contributed by atoms with van der Waals surface area (Å²) in [4.78, 5) is 44.3. The number of para-hydroxylation sites is 1. The Kier molecular flexibility index (Phi) is 7.98. The average Bonchev–Trinajstić information content (AvgIpc) is 3.39. The highest BCUT2D eigenvalue weighted by atomic mass is 32.2. The Morgan fingerprint density at radius 3 is 2.33 bits per heavy atom. The molecule has 4 rings (SSSR count). The second-order valence-electron chi connectivity index (χ2n) is 14.1. The number of nitrogens with zero attached hydrogens (tertiary/aromatic N) is 1. The molecule has 3 heterocycles. The number of thioether (sulfide) groups is 1. The molecule has 0 radical (unpaired) electrons. The Morgan fingerprint density at radius 2 is 1.77 bits per heavy atom. The van der Waals surface area contributed by atoms with E-state index in [1.165, 1.54) is 0 Å². The maximum atomic E-state index is 14.5. The molecule has 3 fully saturated rings. The Labute approximate surface area is 238 Å². The van der Waals surface area contributed by atoms with Gasteiger partial charge in [-0.3, -0.25) is 14.4 Å². The molecule has 3 saturated heterocycles. The van der Waals surface area contributed by atoms with E-state index >= 15 is 0 Å². The van der Waals surface area contributed by atoms with Crippen LogP contribution in [0.15, 0.2) is 30.3 Å². The molecule has 39 heavy (non-hydrogen) atoms. The summed E-state index contributed by atoms with van der Waals surface area (Å²) in [5.41, 5.74) is 0.210. The summed E-state index contributed by atoms with van der Waals surface area (Å²) in [6, 6.07) is 8.08. The summed E-state index contributed by atoms with van der Waals surface area (Å²) in [6.45, 7) is 16.4. The first kappa shape index (κ1) is 29.9. The van der Waals surface area contributed by atoms with Crippen LogP contribution in [0.1, 0.15) is 81.1 Å². The van der Waals surface area contributed by atoms with Crippen LogP contribution in [0.25, 0.3) is 0 Å². The number of likely N-dealkylation sites (tertiary alicyclic amines) is 1. The lowest BCUT2D eigenvalue weighted by Gasteiger charge is -2.41. The van der Waals surface area contributed by atoms with Crippen molar-refractivity contribution in [2.45, 2.75) is 108 Å². The van der Waals surface area contributed by atoms with Crippen molar-refractivity contribution in [3.63, 3.8) is 0 Å². The van der Waals surface area contributed by atoms with E-state index in [2.05, 4.69) is 38.3 Å². The number of carbonyl (C=O) groups excluding carboxylic acids is 3. The van der Waals surface area contributed by atoms with E-state index in [1.807, 2.05) is 58.0 Å². The van der Waals surface area contributed by atoms with E-state index in [0.717, 1.165) is 19.3 Å². The van der Waals surface area contributed by atoms with Crippen LogP contribution in [0.5, 0.6) is 0 Å². The average molecular weight is 558 g/mol. The molecule has 3 aliphatic heterocycles. The van der Waals surface area contributed by atoms with Crippen LogP contribution >= 0.6 is 11.8 Å². The topological polar surface area (TPSA) is 98.7 Å². The number of carbonyl (C=O) groups is 3. The Balaban J connectivity index is 1.76. The van der Waals surface area contributed by atoms with E-state index in [4.69, 9.17) is 0 Å². The van der Waals surface area contributed by atoms with Crippen LogP contribution in [-0.4, -0.2) is 61.5 Å². The minimum atomic E-state index is -0.748. The van der Waals surface area contributed by atoms with Gasteiger partial charge >= 0.3 is 0 Å². The summed E-state index contributed by atoms with van der Waals surface area (Å²) < 4.78 is -1.16. The SMILES string of the molecule is CC[C@H](C)[C@H](CO)N1C(=O)[C@@H]2[C@H](C(=O)Nc3ccccc3)[C@]3(C)CCC2(S3)C1C(=O)NC(C)(C)CC(C)(C)C. The second-order valence-corrected chi connectivity index (χ2v) is 16.0. The lowest BCUT2D eigenvalue weighted by atomic mass is 9.66. The van der Waals surface area contributed by atoms with E-state index in [0.29, 0.717) is 12.1 Å². The minimum Gasteiger partial charge on any atom is -0.394 e. The van der Waals surface area contributed by atoms with Crippen LogP contribution in [-0.2, 0) is 14.4 Å². The highest BCUT2D eigenvalue weighted by molar-refractivity contribution is 8.02. The predicted molar refractivity (Wildman–Crippen MR) is 157 cm³/mol. The normalized spacial score (nSPS) is 31.7. The highest BCUT2D eigenvalue weighted by Gasteiger charge is 2.77. The zero-order chi connectivity index (χ0) is 29.0. The maximum Gasteiger partial charge on any atom is 0.244 e. The molecule has 216 valence electrons. The molecule has 3 amide bonds. The van der Waals surface area contributed by atoms with Gasteiger partial charge in [0, 0.05) is 16.0 Å². The molecule has 1 aromatic rings. The molecule has 1 spiro atoms. The Morgan fingerprint density at radius 1 is 1.13 bits per heavy atom. The number of amides is 3. The van der Waals surface area contributed by atoms with Crippen molar-refractivity contribution in [1.82, 2.24) is 10.2 Å². The van der Waals surface area contributed by atoms with Crippen LogP contribution < -0.4 is 10.6 Å². The molecule has 0 aromatic heterocycles. The van der Waals surface area contributed by atoms with Gasteiger partial charge < -0.3 is 20.6 Å². The molecule has 8 heteroatoms. The molecule has 2 bridgehead atoms. The van der Waals surface area contributed by atoms with Gasteiger partial charge in [-0.15, -0.1) is 11.8 Å². The van der Waals surface area contributed by atoms with Gasteiger partial charge in [-0.05, 0) is 63.5 Å². The van der Waals surface area contributed by atoms with Crippen LogP contribution in [0, 0.1) is 23.2 Å². The fourth-order valence-electron chi connectivity index (χ4n) is 7.75. The number of anilines is 1. The van der Waals surface area contributed by atoms with Gasteiger partial charge in [-0.1, -0.05) is 59.2 Å². The zero-order valence-corrected chi connectivity index (χ0v) is 25.7. The van der Waals surface area contributed by atoms with E-state index in [1.54, 1.807) is 16.7 Å². The van der Waals surface area contributed by atoms with Crippen molar-refractivity contribution in [2.75, 3.05) is 11.9 Å². The van der Waals surface area contributed by atoms with Gasteiger partial charge in [0.05, 0.1) is 29.2 Å². The van der Waals surface area contributed by atoms with Gasteiger partial charge in [0.15, 0.2) is 0 Å². The molecule has 7 atom stereocenters. The van der Waals surface area contributed by atoms with E-state index in [9.17, 15) is 19.5 Å². The molecule has 3 aliphatic rings. The maximum absolute atomic E-state index is 14.5. The summed E-state index contributed by atoms with van der Waals surface area (Å²) >= 11 is 1.66. The number of benzene rings is 1. The summed E-state index contributed by atoms with van der Waals surface area (Å²) in [7, 11) is 0. The smallest absolute Gasteiger partial charge is 0.244 e. The first-order valence-corrected chi connectivity index (χ1v) is 15.2. The molecule has 0 aliphatic carbocycles. The van der Waals surface area contributed by atoms with E-state index < -0.39 is 39.0 Å². The first-order chi connectivity index (χ1) is 18.1. The van der Waals surface area contributed by atoms with Gasteiger partial charge in [0.25, 0.3) is 0 Å². The van der Waals surface area contributed by atoms with Gasteiger partial charge in [0.2, 0.25) is 17.7 Å². The van der Waals surface area contributed by atoms with Crippen molar-refractivity contribution in [3.05, 3.63) is 30.3 Å². The van der Waals surface area contributed by atoms with Crippen LogP contribution in [0.4, 0.5) is 5.69 Å². The summed E-state index contributed by atoms with van der Waals surface area (Å²) in [6.07, 6.45) is 2.97. The monoisotopic (exact) mass is 557 g/mol. The third-order valence-corrected chi connectivity index (χ3v) is 11.1. The van der Waals surface area contributed by atoms with Crippen LogP contribution in [0.2, 0.25) is 0 Å². The molecule has 1 aromatic carbocycles. The fourth-order valence-corrected chi connectivity index (χ4v) is 10.1. The third kappa shape index (κ3) is 5.35. The van der Waals surface area contributed by atoms with E-state index in [-0.39, 0.29) is 35.7 Å². The third-order valence-electron chi connectivity index (χ3n) is 9.07. The first-order valence-electron chi connectivity index (χ1n) is 14.4. The molecular weight excluding hydrogens is 510 g/mol. The highest BCUT2D eigenvalue weighted by Crippen LogP contribution is 2.71. The van der Waals surface area contributed by atoms with Crippen molar-refractivity contribution < 1.29 is 19.5 Å². The number of aliphatic hydroxyl groups is 1. The lowest BCUT2D eigenvalue weighted by molar-refractivity contribution is -0.144. The van der Waals surface area contributed by atoms with Crippen molar-refractivity contribution >= 4 is 35.2 Å². The molecule has 7 nitrogen and oxygen atoms in total. The number of hydrogen-bond acceptors (Lipinski definition) is 5. The molecule has 2 unspecified atom stereocenters.